The summed E-state index contributed by atoms with van der Waals surface area (Å²) in [4.78, 5) is 29.4. The molecule has 2 amide bonds. The minimum absolute atomic E-state index is 0.0535. The molecule has 0 bridgehead atoms. The van der Waals surface area contributed by atoms with Gasteiger partial charge in [0, 0.05) is 32.6 Å². The van der Waals surface area contributed by atoms with Gasteiger partial charge in [-0.15, -0.1) is 0 Å². The second-order valence-electron chi connectivity index (χ2n) is 7.68. The van der Waals surface area contributed by atoms with Crippen LogP contribution in [-0.4, -0.2) is 42.9 Å². The van der Waals surface area contributed by atoms with Gasteiger partial charge in [0.25, 0.3) is 0 Å². The maximum Gasteiger partial charge on any atom is 0.229 e. The number of hydrogen-bond acceptors (Lipinski definition) is 3. The number of para-hydroxylation sites is 2. The number of likely N-dealkylation sites (tertiary alicyclic amines) is 1. The van der Waals surface area contributed by atoms with E-state index < -0.39 is 0 Å². The van der Waals surface area contributed by atoms with Crippen molar-refractivity contribution in [2.75, 3.05) is 36.4 Å². The Bertz CT molecular complexity index is 831. The largest absolute Gasteiger partial charge is 0.370 e. The lowest BCUT2D eigenvalue weighted by Gasteiger charge is -2.22. The number of hydrogen-bond donors (Lipinski definition) is 1. The highest BCUT2D eigenvalue weighted by atomic mass is 16.2. The first-order valence-electron chi connectivity index (χ1n) is 10.2. The van der Waals surface area contributed by atoms with Crippen LogP contribution >= 0.6 is 0 Å². The highest BCUT2D eigenvalue weighted by Crippen LogP contribution is 2.30. The van der Waals surface area contributed by atoms with Gasteiger partial charge in [0.15, 0.2) is 0 Å². The third kappa shape index (κ3) is 4.19. The molecule has 2 aromatic carbocycles. The second-order valence-corrected chi connectivity index (χ2v) is 7.68. The normalized spacial score (nSPS) is 19.3. The summed E-state index contributed by atoms with van der Waals surface area (Å²) >= 11 is 0. The molecule has 2 aromatic rings. The quantitative estimate of drug-likeness (QED) is 0.840. The van der Waals surface area contributed by atoms with Gasteiger partial charge in [0.2, 0.25) is 11.8 Å². The molecule has 0 aromatic heterocycles. The van der Waals surface area contributed by atoms with E-state index in [2.05, 4.69) is 28.4 Å². The maximum absolute atomic E-state index is 12.8. The number of amides is 2. The molecule has 2 heterocycles. The van der Waals surface area contributed by atoms with Crippen LogP contribution < -0.4 is 10.2 Å². The minimum Gasteiger partial charge on any atom is -0.370 e. The molecule has 5 heteroatoms. The van der Waals surface area contributed by atoms with Crippen LogP contribution in [0.25, 0.3) is 0 Å². The van der Waals surface area contributed by atoms with Crippen molar-refractivity contribution in [1.29, 1.82) is 0 Å². The number of rotatable bonds is 6. The van der Waals surface area contributed by atoms with Crippen molar-refractivity contribution in [2.24, 2.45) is 5.92 Å². The fourth-order valence-electron chi connectivity index (χ4n) is 4.12. The summed E-state index contributed by atoms with van der Waals surface area (Å²) in [6, 6.07) is 18.1. The number of carbonyl (C=O) groups excluding carboxylic acids is 2. The first-order valence-corrected chi connectivity index (χ1v) is 10.2. The van der Waals surface area contributed by atoms with Crippen LogP contribution in [0.4, 0.5) is 11.4 Å². The van der Waals surface area contributed by atoms with Gasteiger partial charge in [-0.1, -0.05) is 42.5 Å². The van der Waals surface area contributed by atoms with Crippen molar-refractivity contribution in [2.45, 2.75) is 25.7 Å². The highest BCUT2D eigenvalue weighted by Gasteiger charge is 2.34. The van der Waals surface area contributed by atoms with Crippen molar-refractivity contribution >= 4 is 23.2 Å². The summed E-state index contributed by atoms with van der Waals surface area (Å²) in [5.74, 6) is -0.263. The Morgan fingerprint density at radius 1 is 1.00 bits per heavy atom. The predicted octanol–water partition coefficient (Wildman–Crippen LogP) is 3.32. The molecule has 0 spiro atoms. The van der Waals surface area contributed by atoms with E-state index in [1.807, 2.05) is 41.3 Å². The lowest BCUT2D eigenvalue weighted by molar-refractivity contribution is -0.128. The third-order valence-electron chi connectivity index (χ3n) is 5.71. The smallest absolute Gasteiger partial charge is 0.229 e. The zero-order valence-corrected chi connectivity index (χ0v) is 16.1. The average molecular weight is 377 g/mol. The molecular formula is C23H27N3O2. The van der Waals surface area contributed by atoms with E-state index in [9.17, 15) is 9.59 Å². The molecule has 0 saturated carbocycles. The summed E-state index contributed by atoms with van der Waals surface area (Å²) in [6.07, 6.45) is 3.50. The van der Waals surface area contributed by atoms with Gasteiger partial charge in [0.1, 0.15) is 0 Å². The Kier molecular flexibility index (Phi) is 5.60. The maximum atomic E-state index is 12.8. The zero-order valence-electron chi connectivity index (χ0n) is 16.1. The van der Waals surface area contributed by atoms with E-state index in [1.54, 1.807) is 0 Å². The van der Waals surface area contributed by atoms with Crippen LogP contribution in [0.15, 0.2) is 54.6 Å². The minimum atomic E-state index is -0.282. The van der Waals surface area contributed by atoms with Crippen molar-refractivity contribution in [3.8, 4) is 0 Å². The molecule has 1 N–H and O–H groups in total. The summed E-state index contributed by atoms with van der Waals surface area (Å²) in [5, 5.41) is 3.08. The first kappa shape index (κ1) is 18.5. The van der Waals surface area contributed by atoms with Crippen LogP contribution in [0.2, 0.25) is 0 Å². The number of anilines is 2. The number of benzene rings is 2. The van der Waals surface area contributed by atoms with Gasteiger partial charge in [-0.05, 0) is 37.0 Å². The lowest BCUT2D eigenvalue weighted by Crippen LogP contribution is -2.30. The molecule has 2 aliphatic rings. The van der Waals surface area contributed by atoms with E-state index in [0.717, 1.165) is 30.9 Å². The molecule has 2 aliphatic heterocycles. The van der Waals surface area contributed by atoms with Crippen LogP contribution in [-0.2, 0) is 16.0 Å². The SMILES string of the molecule is O=C(Nc1ccccc1N1CCCC1)[C@H]1CC(=O)N(CCc2ccccc2)C1. The van der Waals surface area contributed by atoms with E-state index >= 15 is 0 Å². The Balaban J connectivity index is 1.36. The molecule has 2 saturated heterocycles. The van der Waals surface area contributed by atoms with E-state index in [-0.39, 0.29) is 17.7 Å². The van der Waals surface area contributed by atoms with Gasteiger partial charge < -0.3 is 15.1 Å². The van der Waals surface area contributed by atoms with E-state index in [0.29, 0.717) is 19.5 Å². The predicted molar refractivity (Wildman–Crippen MR) is 111 cm³/mol. The zero-order chi connectivity index (χ0) is 19.3. The number of carbonyl (C=O) groups is 2. The topological polar surface area (TPSA) is 52.7 Å². The molecular weight excluding hydrogens is 350 g/mol. The first-order chi connectivity index (χ1) is 13.7. The van der Waals surface area contributed by atoms with Gasteiger partial charge in [-0.25, -0.2) is 0 Å². The fourth-order valence-corrected chi connectivity index (χ4v) is 4.12. The molecule has 0 unspecified atom stereocenters. The van der Waals surface area contributed by atoms with Crippen LogP contribution in [0.5, 0.6) is 0 Å². The molecule has 0 aliphatic carbocycles. The Labute approximate surface area is 166 Å². The molecule has 1 atom stereocenters. The van der Waals surface area contributed by atoms with Gasteiger partial charge in [-0.3, -0.25) is 9.59 Å². The third-order valence-corrected chi connectivity index (χ3v) is 5.71. The molecule has 4 rings (SSSR count). The van der Waals surface area contributed by atoms with E-state index in [1.165, 1.54) is 18.4 Å². The summed E-state index contributed by atoms with van der Waals surface area (Å²) in [6.45, 7) is 3.23. The Morgan fingerprint density at radius 2 is 1.71 bits per heavy atom. The summed E-state index contributed by atoms with van der Waals surface area (Å²) in [5.41, 5.74) is 3.14. The van der Waals surface area contributed by atoms with Gasteiger partial charge in [0.05, 0.1) is 17.3 Å². The van der Waals surface area contributed by atoms with Crippen molar-refractivity contribution < 1.29 is 9.59 Å². The number of nitrogens with one attached hydrogen (secondary N) is 1. The lowest BCUT2D eigenvalue weighted by atomic mass is 10.1. The van der Waals surface area contributed by atoms with Crippen LogP contribution in [0, 0.1) is 5.92 Å². The molecule has 0 radical (unpaired) electrons. The fraction of sp³-hybridized carbons (Fsp3) is 0.391. The van der Waals surface area contributed by atoms with E-state index in [4.69, 9.17) is 0 Å². The standard InChI is InChI=1S/C23H27N3O2/c27-22-16-19(17-26(22)15-12-18-8-2-1-3-9-18)23(28)24-20-10-4-5-11-21(20)25-13-6-7-14-25/h1-5,8-11,19H,6-7,12-17H2,(H,24,28)/t19-/m0/s1. The van der Waals surface area contributed by atoms with Crippen molar-refractivity contribution in [3.05, 3.63) is 60.2 Å². The molecule has 28 heavy (non-hydrogen) atoms. The van der Waals surface area contributed by atoms with Crippen LogP contribution in [0.1, 0.15) is 24.8 Å². The van der Waals surface area contributed by atoms with Crippen LogP contribution in [0.3, 0.4) is 0 Å². The molecule has 146 valence electrons. The Hall–Kier alpha value is -2.82. The van der Waals surface area contributed by atoms with Gasteiger partial charge in [-0.2, -0.15) is 0 Å². The highest BCUT2D eigenvalue weighted by molar-refractivity contribution is 5.99. The number of nitrogens with zero attached hydrogens (tertiary/aromatic N) is 2. The molecule has 5 nitrogen and oxygen atoms in total. The monoisotopic (exact) mass is 377 g/mol. The van der Waals surface area contributed by atoms with Crippen molar-refractivity contribution in [3.63, 3.8) is 0 Å². The summed E-state index contributed by atoms with van der Waals surface area (Å²) < 4.78 is 0. The average Bonchev–Trinajstić information content (AvgIpc) is 3.38. The second kappa shape index (κ2) is 8.46. The van der Waals surface area contributed by atoms with Gasteiger partial charge >= 0.3 is 0 Å². The Morgan fingerprint density at radius 3 is 2.50 bits per heavy atom. The van der Waals surface area contributed by atoms with Crippen molar-refractivity contribution in [1.82, 2.24) is 4.90 Å². The molecule has 2 fully saturated rings. The summed E-state index contributed by atoms with van der Waals surface area (Å²) in [7, 11) is 0.